The van der Waals surface area contributed by atoms with Crippen molar-refractivity contribution in [1.82, 2.24) is 15.1 Å². The van der Waals surface area contributed by atoms with Gasteiger partial charge in [-0.1, -0.05) is 20.8 Å². The van der Waals surface area contributed by atoms with Crippen LogP contribution in [0.4, 0.5) is 0 Å². The zero-order valence-corrected chi connectivity index (χ0v) is 12.9. The molecule has 3 atom stereocenters. The van der Waals surface area contributed by atoms with Gasteiger partial charge >= 0.3 is 0 Å². The van der Waals surface area contributed by atoms with Gasteiger partial charge in [-0.2, -0.15) is 0 Å². The molecular formula is C15H29N3O. The summed E-state index contributed by atoms with van der Waals surface area (Å²) in [5, 5.41) is 3.49. The molecule has 0 radical (unpaired) electrons. The molecule has 0 aromatic heterocycles. The maximum atomic E-state index is 12.4. The van der Waals surface area contributed by atoms with Crippen molar-refractivity contribution in [3.8, 4) is 0 Å². The Bertz CT molecular complexity index is 313. The van der Waals surface area contributed by atoms with Crippen LogP contribution in [0.25, 0.3) is 0 Å². The number of amides is 1. The van der Waals surface area contributed by atoms with Crippen LogP contribution in [0.15, 0.2) is 0 Å². The van der Waals surface area contributed by atoms with Crippen LogP contribution < -0.4 is 5.32 Å². The molecule has 0 aromatic carbocycles. The number of rotatable bonds is 5. The molecule has 2 saturated heterocycles. The first-order valence-corrected chi connectivity index (χ1v) is 7.85. The van der Waals surface area contributed by atoms with Crippen molar-refractivity contribution < 1.29 is 4.79 Å². The molecule has 19 heavy (non-hydrogen) atoms. The van der Waals surface area contributed by atoms with Crippen molar-refractivity contribution in [2.75, 3.05) is 19.6 Å². The van der Waals surface area contributed by atoms with Crippen LogP contribution >= 0.6 is 0 Å². The van der Waals surface area contributed by atoms with Gasteiger partial charge in [0.25, 0.3) is 0 Å². The second-order valence-corrected chi connectivity index (χ2v) is 6.40. The van der Waals surface area contributed by atoms with E-state index < -0.39 is 0 Å². The summed E-state index contributed by atoms with van der Waals surface area (Å²) in [6.45, 7) is 12.0. The van der Waals surface area contributed by atoms with E-state index in [4.69, 9.17) is 0 Å². The van der Waals surface area contributed by atoms with Gasteiger partial charge in [0.15, 0.2) is 0 Å². The van der Waals surface area contributed by atoms with E-state index in [9.17, 15) is 4.79 Å². The Balaban J connectivity index is 2.00. The molecule has 4 nitrogen and oxygen atoms in total. The molecule has 2 rings (SSSR count). The van der Waals surface area contributed by atoms with Crippen LogP contribution in [-0.4, -0.2) is 53.6 Å². The zero-order valence-electron chi connectivity index (χ0n) is 12.9. The summed E-state index contributed by atoms with van der Waals surface area (Å²) in [5.74, 6) is 0.763. The Hall–Kier alpha value is -0.610. The Morgan fingerprint density at radius 1 is 1.26 bits per heavy atom. The third kappa shape index (κ3) is 3.11. The van der Waals surface area contributed by atoms with Crippen LogP contribution in [-0.2, 0) is 4.79 Å². The fraction of sp³-hybridized carbons (Fsp3) is 0.933. The van der Waals surface area contributed by atoms with Gasteiger partial charge in [0, 0.05) is 12.6 Å². The van der Waals surface area contributed by atoms with Gasteiger partial charge in [0.2, 0.25) is 5.91 Å². The summed E-state index contributed by atoms with van der Waals surface area (Å²) in [5.41, 5.74) is 0. The Kier molecular flexibility index (Phi) is 4.85. The maximum Gasteiger partial charge on any atom is 0.241 e. The Morgan fingerprint density at radius 3 is 2.42 bits per heavy atom. The van der Waals surface area contributed by atoms with Crippen LogP contribution in [0.3, 0.4) is 0 Å². The van der Waals surface area contributed by atoms with Crippen LogP contribution in [0.2, 0.25) is 0 Å². The third-order valence-electron chi connectivity index (χ3n) is 4.55. The zero-order chi connectivity index (χ0) is 14.0. The fourth-order valence-electron chi connectivity index (χ4n) is 3.34. The molecule has 0 saturated carbocycles. The molecule has 1 N–H and O–H groups in total. The second kappa shape index (κ2) is 6.23. The van der Waals surface area contributed by atoms with Gasteiger partial charge in [-0.15, -0.1) is 0 Å². The summed E-state index contributed by atoms with van der Waals surface area (Å²) < 4.78 is 0. The first-order valence-electron chi connectivity index (χ1n) is 7.85. The molecule has 0 bridgehead atoms. The number of carbonyl (C=O) groups is 1. The summed E-state index contributed by atoms with van der Waals surface area (Å²) >= 11 is 0. The number of nitrogens with zero attached hydrogens (tertiary/aromatic N) is 2. The lowest BCUT2D eigenvalue weighted by Crippen LogP contribution is -2.48. The molecule has 0 aliphatic carbocycles. The minimum atomic E-state index is 0.0261. The van der Waals surface area contributed by atoms with Crippen LogP contribution in [0.5, 0.6) is 0 Å². The average molecular weight is 267 g/mol. The lowest BCUT2D eigenvalue weighted by molar-refractivity contribution is -0.131. The normalized spacial score (nSPS) is 30.6. The minimum Gasteiger partial charge on any atom is -0.324 e. The van der Waals surface area contributed by atoms with E-state index in [-0.39, 0.29) is 12.2 Å². The number of nitrogens with one attached hydrogen (secondary N) is 1. The van der Waals surface area contributed by atoms with Crippen molar-refractivity contribution in [2.24, 2.45) is 5.92 Å². The molecule has 2 aliphatic rings. The third-order valence-corrected chi connectivity index (χ3v) is 4.55. The molecule has 0 spiro atoms. The first kappa shape index (κ1) is 14.8. The fourth-order valence-corrected chi connectivity index (χ4v) is 3.34. The van der Waals surface area contributed by atoms with Crippen molar-refractivity contribution in [1.29, 1.82) is 0 Å². The maximum absolute atomic E-state index is 12.4. The van der Waals surface area contributed by atoms with E-state index in [0.717, 1.165) is 13.0 Å². The van der Waals surface area contributed by atoms with Gasteiger partial charge in [0.1, 0.15) is 0 Å². The molecule has 1 amide bonds. The van der Waals surface area contributed by atoms with Gasteiger partial charge in [-0.05, 0) is 45.2 Å². The van der Waals surface area contributed by atoms with Crippen molar-refractivity contribution in [2.45, 2.75) is 65.2 Å². The van der Waals surface area contributed by atoms with Gasteiger partial charge in [0.05, 0.1) is 12.2 Å². The molecule has 2 fully saturated rings. The number of hydrogen-bond acceptors (Lipinski definition) is 3. The summed E-state index contributed by atoms with van der Waals surface area (Å²) in [6.07, 6.45) is 3.71. The quantitative estimate of drug-likeness (QED) is 0.823. The summed E-state index contributed by atoms with van der Waals surface area (Å²) in [4.78, 5) is 17.0. The van der Waals surface area contributed by atoms with Crippen molar-refractivity contribution >= 4 is 5.91 Å². The lowest BCUT2D eigenvalue weighted by Gasteiger charge is -2.33. The molecular weight excluding hydrogens is 238 g/mol. The Labute approximate surface area is 117 Å². The molecule has 110 valence electrons. The van der Waals surface area contributed by atoms with E-state index in [2.05, 4.69) is 42.8 Å². The summed E-state index contributed by atoms with van der Waals surface area (Å²) in [6, 6.07) is 0.503. The van der Waals surface area contributed by atoms with E-state index in [1.165, 1.54) is 25.9 Å². The predicted octanol–water partition coefficient (Wildman–Crippen LogP) is 1.66. The highest BCUT2D eigenvalue weighted by Gasteiger charge is 2.40. The minimum absolute atomic E-state index is 0.0261. The Morgan fingerprint density at radius 2 is 1.89 bits per heavy atom. The highest BCUT2D eigenvalue weighted by atomic mass is 16.2. The second-order valence-electron chi connectivity index (χ2n) is 6.40. The van der Waals surface area contributed by atoms with E-state index >= 15 is 0 Å². The molecule has 4 heteroatoms. The topological polar surface area (TPSA) is 35.6 Å². The van der Waals surface area contributed by atoms with Crippen molar-refractivity contribution in [3.05, 3.63) is 0 Å². The predicted molar refractivity (Wildman–Crippen MR) is 77.8 cm³/mol. The van der Waals surface area contributed by atoms with Gasteiger partial charge in [-0.3, -0.25) is 15.0 Å². The highest BCUT2D eigenvalue weighted by Crippen LogP contribution is 2.21. The standard InChI is InChI=1S/C15H29N3O/c1-5-13-15(19)18(14(16-13)11(2)3)10-12(4)17-8-6-7-9-17/h11-14,16H,5-10H2,1-4H3. The molecule has 0 aromatic rings. The largest absolute Gasteiger partial charge is 0.324 e. The lowest BCUT2D eigenvalue weighted by atomic mass is 10.1. The number of hydrogen-bond donors (Lipinski definition) is 1. The van der Waals surface area contributed by atoms with E-state index in [1.807, 2.05) is 0 Å². The molecule has 2 heterocycles. The van der Waals surface area contributed by atoms with Gasteiger partial charge in [-0.25, -0.2) is 0 Å². The number of carbonyl (C=O) groups excluding carboxylic acids is 1. The SMILES string of the molecule is CCC1NC(C(C)C)N(CC(C)N2CCCC2)C1=O. The van der Waals surface area contributed by atoms with Crippen molar-refractivity contribution in [3.63, 3.8) is 0 Å². The van der Waals surface area contributed by atoms with E-state index in [1.54, 1.807) is 0 Å². The molecule has 2 aliphatic heterocycles. The highest BCUT2D eigenvalue weighted by molar-refractivity contribution is 5.84. The molecule has 3 unspecified atom stereocenters. The summed E-state index contributed by atoms with van der Waals surface area (Å²) in [7, 11) is 0. The van der Waals surface area contributed by atoms with Crippen LogP contribution in [0.1, 0.15) is 47.0 Å². The first-order chi connectivity index (χ1) is 9.04. The van der Waals surface area contributed by atoms with Gasteiger partial charge < -0.3 is 4.90 Å². The van der Waals surface area contributed by atoms with E-state index in [0.29, 0.717) is 17.9 Å². The smallest absolute Gasteiger partial charge is 0.241 e. The number of likely N-dealkylation sites (tertiary alicyclic amines) is 1. The monoisotopic (exact) mass is 267 g/mol. The van der Waals surface area contributed by atoms with Crippen LogP contribution in [0, 0.1) is 5.92 Å². The average Bonchev–Trinajstić information content (AvgIpc) is 2.99.